The van der Waals surface area contributed by atoms with Crippen LogP contribution in [-0.2, 0) is 0 Å². The van der Waals surface area contributed by atoms with Crippen LogP contribution >= 0.6 is 0 Å². The number of esters is 1. The molecule has 0 saturated carbocycles. The van der Waals surface area contributed by atoms with Crippen LogP contribution in [0.3, 0.4) is 0 Å². The number of nitriles is 1. The molecule has 3 aromatic carbocycles. The van der Waals surface area contributed by atoms with Gasteiger partial charge in [-0.1, -0.05) is 41.5 Å². The molecule has 0 amide bonds. The van der Waals surface area contributed by atoms with E-state index in [0.717, 1.165) is 22.3 Å². The van der Waals surface area contributed by atoms with Gasteiger partial charge in [-0.2, -0.15) is 5.26 Å². The Balaban J connectivity index is 1.76. The molecule has 25 heavy (non-hydrogen) atoms. The third-order valence-corrected chi connectivity index (χ3v) is 3.87. The number of rotatable bonds is 3. The van der Waals surface area contributed by atoms with Crippen molar-refractivity contribution < 1.29 is 9.53 Å². The molecule has 0 N–H and O–H groups in total. The molecule has 0 aliphatic rings. The number of benzene rings is 3. The molecule has 0 unspecified atom stereocenters. The normalized spacial score (nSPS) is 10.1. The Morgan fingerprint density at radius 2 is 1.36 bits per heavy atom. The number of carbonyl (C=O) groups is 1. The molecular weight excluding hydrogens is 310 g/mol. The maximum Gasteiger partial charge on any atom is 0.343 e. The third kappa shape index (κ3) is 3.94. The van der Waals surface area contributed by atoms with Crippen molar-refractivity contribution in [2.75, 3.05) is 0 Å². The van der Waals surface area contributed by atoms with Crippen molar-refractivity contribution in [3.63, 3.8) is 0 Å². The minimum Gasteiger partial charge on any atom is -0.423 e. The quantitative estimate of drug-likeness (QED) is 0.499. The van der Waals surface area contributed by atoms with Crippen molar-refractivity contribution in [2.45, 2.75) is 13.8 Å². The van der Waals surface area contributed by atoms with E-state index in [1.807, 2.05) is 56.3 Å². The Bertz CT molecular complexity index is 929. The second kappa shape index (κ2) is 7.02. The lowest BCUT2D eigenvalue weighted by Crippen LogP contribution is -2.09. The van der Waals surface area contributed by atoms with Gasteiger partial charge in [-0.05, 0) is 61.4 Å². The molecular formula is C22H17NO2. The molecule has 0 heterocycles. The Morgan fingerprint density at radius 1 is 0.840 bits per heavy atom. The summed E-state index contributed by atoms with van der Waals surface area (Å²) in [6, 6.07) is 22.4. The minimum atomic E-state index is -0.363. The van der Waals surface area contributed by atoms with Crippen molar-refractivity contribution in [1.82, 2.24) is 0 Å². The summed E-state index contributed by atoms with van der Waals surface area (Å²) in [6.45, 7) is 3.91. The van der Waals surface area contributed by atoms with Gasteiger partial charge in [0.05, 0.1) is 17.2 Å². The Kier molecular flexibility index (Phi) is 4.63. The van der Waals surface area contributed by atoms with E-state index >= 15 is 0 Å². The second-order valence-electron chi connectivity index (χ2n) is 5.98. The fourth-order valence-electron chi connectivity index (χ4n) is 2.71. The summed E-state index contributed by atoms with van der Waals surface area (Å²) in [7, 11) is 0. The Labute approximate surface area is 147 Å². The zero-order chi connectivity index (χ0) is 17.8. The fourth-order valence-corrected chi connectivity index (χ4v) is 2.71. The summed E-state index contributed by atoms with van der Waals surface area (Å²) in [4.78, 5) is 12.3. The maximum absolute atomic E-state index is 12.3. The molecule has 0 aliphatic heterocycles. The maximum atomic E-state index is 12.3. The molecule has 0 spiro atoms. The molecule has 0 atom stereocenters. The highest BCUT2D eigenvalue weighted by Gasteiger charge is 2.10. The summed E-state index contributed by atoms with van der Waals surface area (Å²) in [5.74, 6) is 0.138. The van der Waals surface area contributed by atoms with Crippen molar-refractivity contribution in [3.05, 3.63) is 89.0 Å². The van der Waals surface area contributed by atoms with E-state index in [2.05, 4.69) is 6.07 Å². The van der Waals surface area contributed by atoms with E-state index < -0.39 is 0 Å². The lowest BCUT2D eigenvalue weighted by molar-refractivity contribution is 0.0734. The summed E-state index contributed by atoms with van der Waals surface area (Å²) in [5, 5.41) is 8.85. The van der Waals surface area contributed by atoms with Crippen LogP contribution in [0.4, 0.5) is 0 Å². The molecule has 3 rings (SSSR count). The summed E-state index contributed by atoms with van der Waals surface area (Å²) >= 11 is 0. The van der Waals surface area contributed by atoms with Gasteiger partial charge in [-0.25, -0.2) is 4.79 Å². The first kappa shape index (κ1) is 16.5. The number of ether oxygens (including phenoxy) is 1. The molecule has 3 heteroatoms. The number of hydrogen-bond donors (Lipinski definition) is 0. The monoisotopic (exact) mass is 327 g/mol. The topological polar surface area (TPSA) is 50.1 Å². The van der Waals surface area contributed by atoms with Gasteiger partial charge in [-0.15, -0.1) is 0 Å². The standard InChI is InChI=1S/C22H17NO2/c1-15-11-16(2)13-20(12-15)22(24)25-21-9-7-19(8-10-21)18-5-3-17(14-23)4-6-18/h3-13H,1-2H3. The lowest BCUT2D eigenvalue weighted by Gasteiger charge is -2.07. The average molecular weight is 327 g/mol. The van der Waals surface area contributed by atoms with Crippen LogP contribution in [0.5, 0.6) is 5.75 Å². The zero-order valence-corrected chi connectivity index (χ0v) is 14.1. The van der Waals surface area contributed by atoms with Crippen LogP contribution in [0.1, 0.15) is 27.0 Å². The molecule has 0 fully saturated rings. The molecule has 122 valence electrons. The number of nitrogens with zero attached hydrogens (tertiary/aromatic N) is 1. The van der Waals surface area contributed by atoms with Gasteiger partial charge in [0.2, 0.25) is 0 Å². The highest BCUT2D eigenvalue weighted by Crippen LogP contribution is 2.23. The van der Waals surface area contributed by atoms with Crippen LogP contribution in [0.25, 0.3) is 11.1 Å². The van der Waals surface area contributed by atoms with E-state index in [4.69, 9.17) is 10.00 Å². The van der Waals surface area contributed by atoms with Crippen LogP contribution in [0.15, 0.2) is 66.7 Å². The molecule has 0 saturated heterocycles. The summed E-state index contributed by atoms with van der Waals surface area (Å²) < 4.78 is 5.46. The van der Waals surface area contributed by atoms with Crippen LogP contribution in [0, 0.1) is 25.2 Å². The van der Waals surface area contributed by atoms with Crippen LogP contribution in [0.2, 0.25) is 0 Å². The van der Waals surface area contributed by atoms with Gasteiger partial charge in [0.15, 0.2) is 0 Å². The van der Waals surface area contributed by atoms with Crippen LogP contribution in [-0.4, -0.2) is 5.97 Å². The number of hydrogen-bond acceptors (Lipinski definition) is 3. The van der Waals surface area contributed by atoms with Gasteiger partial charge in [0.1, 0.15) is 5.75 Å². The third-order valence-electron chi connectivity index (χ3n) is 3.87. The predicted octanol–water partition coefficient (Wildman–Crippen LogP) is 5.06. The first-order valence-corrected chi connectivity index (χ1v) is 7.96. The minimum absolute atomic E-state index is 0.363. The smallest absolute Gasteiger partial charge is 0.343 e. The molecule has 0 bridgehead atoms. The largest absolute Gasteiger partial charge is 0.423 e. The summed E-state index contributed by atoms with van der Waals surface area (Å²) in [5.41, 5.74) is 5.24. The number of carbonyl (C=O) groups excluding carboxylic acids is 1. The number of aryl methyl sites for hydroxylation is 2. The van der Waals surface area contributed by atoms with Crippen molar-refractivity contribution >= 4 is 5.97 Å². The predicted molar refractivity (Wildman–Crippen MR) is 97.5 cm³/mol. The van der Waals surface area contributed by atoms with Crippen molar-refractivity contribution in [2.24, 2.45) is 0 Å². The lowest BCUT2D eigenvalue weighted by atomic mass is 10.0. The van der Waals surface area contributed by atoms with E-state index in [1.54, 1.807) is 24.3 Å². The van der Waals surface area contributed by atoms with Crippen molar-refractivity contribution in [1.29, 1.82) is 5.26 Å². The zero-order valence-electron chi connectivity index (χ0n) is 14.1. The van der Waals surface area contributed by atoms with Gasteiger partial charge in [0, 0.05) is 0 Å². The molecule has 3 aromatic rings. The fraction of sp³-hybridized carbons (Fsp3) is 0.0909. The van der Waals surface area contributed by atoms with Gasteiger partial charge in [-0.3, -0.25) is 0 Å². The van der Waals surface area contributed by atoms with Gasteiger partial charge < -0.3 is 4.74 Å². The molecule has 0 aromatic heterocycles. The highest BCUT2D eigenvalue weighted by molar-refractivity contribution is 5.91. The molecule has 3 nitrogen and oxygen atoms in total. The van der Waals surface area contributed by atoms with E-state index in [1.165, 1.54) is 0 Å². The van der Waals surface area contributed by atoms with Crippen molar-refractivity contribution in [3.8, 4) is 22.9 Å². The summed E-state index contributed by atoms with van der Waals surface area (Å²) in [6.07, 6.45) is 0. The van der Waals surface area contributed by atoms with Gasteiger partial charge >= 0.3 is 5.97 Å². The molecule has 0 radical (unpaired) electrons. The van der Waals surface area contributed by atoms with E-state index in [9.17, 15) is 4.79 Å². The Hall–Kier alpha value is -3.38. The average Bonchev–Trinajstić information content (AvgIpc) is 2.61. The van der Waals surface area contributed by atoms with Gasteiger partial charge in [0.25, 0.3) is 0 Å². The first-order valence-electron chi connectivity index (χ1n) is 7.96. The SMILES string of the molecule is Cc1cc(C)cc(C(=O)Oc2ccc(-c3ccc(C#N)cc3)cc2)c1. The highest BCUT2D eigenvalue weighted by atomic mass is 16.5. The first-order chi connectivity index (χ1) is 12.0. The second-order valence-corrected chi connectivity index (χ2v) is 5.98. The Morgan fingerprint density at radius 3 is 1.88 bits per heavy atom. The van der Waals surface area contributed by atoms with Crippen LogP contribution < -0.4 is 4.74 Å². The van der Waals surface area contributed by atoms with E-state index in [-0.39, 0.29) is 5.97 Å². The van der Waals surface area contributed by atoms with E-state index in [0.29, 0.717) is 16.9 Å². The molecule has 0 aliphatic carbocycles.